The van der Waals surface area contributed by atoms with Crippen LogP contribution in [0.15, 0.2) is 41.6 Å². The Labute approximate surface area is 98.7 Å². The number of hydrogen-bond acceptors (Lipinski definition) is 3. The van der Waals surface area contributed by atoms with E-state index >= 15 is 0 Å². The molecule has 4 heteroatoms. The van der Waals surface area contributed by atoms with Gasteiger partial charge in [-0.3, -0.25) is 4.68 Å². The molecule has 0 N–H and O–H groups in total. The molecule has 0 aliphatic rings. The van der Waals surface area contributed by atoms with Crippen molar-refractivity contribution in [3.63, 3.8) is 0 Å². The minimum Gasteiger partial charge on any atom is -0.275 e. The highest BCUT2D eigenvalue weighted by molar-refractivity contribution is 7.98. The maximum absolute atomic E-state index is 8.94. The molecule has 3 nitrogen and oxygen atoms in total. The molecule has 0 aliphatic carbocycles. The van der Waals surface area contributed by atoms with Crippen molar-refractivity contribution in [3.8, 4) is 6.07 Å². The van der Waals surface area contributed by atoms with Gasteiger partial charge in [-0.05, 0) is 11.6 Å². The molecule has 80 valence electrons. The Kier molecular flexibility index (Phi) is 3.28. The number of aromatic nitrogens is 2. The van der Waals surface area contributed by atoms with Gasteiger partial charge in [-0.15, -0.1) is 11.8 Å². The molecule has 0 fully saturated rings. The van der Waals surface area contributed by atoms with E-state index in [4.69, 9.17) is 5.26 Å². The summed E-state index contributed by atoms with van der Waals surface area (Å²) < 4.78 is 1.78. The van der Waals surface area contributed by atoms with E-state index in [0.29, 0.717) is 0 Å². The molecule has 0 aliphatic heterocycles. The summed E-state index contributed by atoms with van der Waals surface area (Å²) in [7, 11) is 1.90. The average Bonchev–Trinajstić information content (AvgIpc) is 2.73. The first-order valence-electron chi connectivity index (χ1n) is 4.89. The lowest BCUT2D eigenvalue weighted by Gasteiger charge is -2.01. The molecule has 0 spiro atoms. The van der Waals surface area contributed by atoms with Crippen LogP contribution in [-0.4, -0.2) is 9.78 Å². The first-order chi connectivity index (χ1) is 7.79. The van der Waals surface area contributed by atoms with Crippen molar-refractivity contribution in [2.24, 2.45) is 7.05 Å². The third kappa shape index (κ3) is 2.44. The summed E-state index contributed by atoms with van der Waals surface area (Å²) in [5.41, 5.74) is 1.82. The highest BCUT2D eigenvalue weighted by Gasteiger charge is 2.02. The van der Waals surface area contributed by atoms with Gasteiger partial charge in [0.15, 0.2) is 0 Å². The van der Waals surface area contributed by atoms with E-state index < -0.39 is 0 Å². The Bertz CT molecular complexity index is 525. The number of nitrogens with zero attached hydrogens (tertiary/aromatic N) is 3. The topological polar surface area (TPSA) is 41.6 Å². The molecule has 0 saturated heterocycles. The second-order valence-electron chi connectivity index (χ2n) is 3.41. The van der Waals surface area contributed by atoms with Crippen LogP contribution in [0.4, 0.5) is 0 Å². The van der Waals surface area contributed by atoms with Crippen LogP contribution in [-0.2, 0) is 12.8 Å². The fourth-order valence-electron chi connectivity index (χ4n) is 1.39. The zero-order chi connectivity index (χ0) is 11.4. The van der Waals surface area contributed by atoms with Gasteiger partial charge < -0.3 is 0 Å². The van der Waals surface area contributed by atoms with Crippen molar-refractivity contribution in [2.45, 2.75) is 10.6 Å². The number of thioether (sulfide) groups is 1. The van der Waals surface area contributed by atoms with Crippen LogP contribution in [0.25, 0.3) is 0 Å². The number of nitriles is 1. The first-order valence-corrected chi connectivity index (χ1v) is 5.87. The predicted octanol–water partition coefficient (Wildman–Crippen LogP) is 2.58. The van der Waals surface area contributed by atoms with Crippen LogP contribution < -0.4 is 0 Å². The summed E-state index contributed by atoms with van der Waals surface area (Å²) in [6, 6.07) is 9.88. The van der Waals surface area contributed by atoms with E-state index in [9.17, 15) is 0 Å². The second kappa shape index (κ2) is 4.86. The van der Waals surface area contributed by atoms with E-state index in [-0.39, 0.29) is 0 Å². The summed E-state index contributed by atoms with van der Waals surface area (Å²) in [5, 5.41) is 13.0. The monoisotopic (exact) mass is 229 g/mol. The molecule has 0 amide bonds. The van der Waals surface area contributed by atoms with Crippen molar-refractivity contribution in [1.82, 2.24) is 9.78 Å². The number of hydrogen-bond donors (Lipinski definition) is 0. The van der Waals surface area contributed by atoms with E-state index in [1.807, 2.05) is 43.7 Å². The largest absolute Gasteiger partial charge is 0.275 e. The van der Waals surface area contributed by atoms with Crippen molar-refractivity contribution >= 4 is 11.8 Å². The molecule has 1 aromatic heterocycles. The van der Waals surface area contributed by atoms with Gasteiger partial charge in [0, 0.05) is 23.9 Å². The molecule has 16 heavy (non-hydrogen) atoms. The Morgan fingerprint density at radius 2 is 2.25 bits per heavy atom. The summed E-state index contributed by atoms with van der Waals surface area (Å²) in [6.07, 6.45) is 3.80. The number of benzene rings is 1. The summed E-state index contributed by atoms with van der Waals surface area (Å²) in [6.45, 7) is 0. The van der Waals surface area contributed by atoms with Gasteiger partial charge in [-0.25, -0.2) is 0 Å². The van der Waals surface area contributed by atoms with Crippen molar-refractivity contribution in [2.75, 3.05) is 0 Å². The fraction of sp³-hybridized carbons (Fsp3) is 0.167. The van der Waals surface area contributed by atoms with Gasteiger partial charge in [-0.1, -0.05) is 18.2 Å². The molecule has 0 saturated carbocycles. The van der Waals surface area contributed by atoms with Crippen molar-refractivity contribution < 1.29 is 0 Å². The third-order valence-corrected chi connectivity index (χ3v) is 3.21. The lowest BCUT2D eigenvalue weighted by atomic mass is 10.1. The van der Waals surface area contributed by atoms with Gasteiger partial charge in [-0.2, -0.15) is 10.4 Å². The minimum absolute atomic E-state index is 0.749. The second-order valence-corrected chi connectivity index (χ2v) is 4.46. The Morgan fingerprint density at radius 1 is 1.44 bits per heavy atom. The van der Waals surface area contributed by atoms with Gasteiger partial charge in [0.2, 0.25) is 0 Å². The number of aryl methyl sites for hydroxylation is 1. The zero-order valence-electron chi connectivity index (χ0n) is 8.92. The lowest BCUT2D eigenvalue weighted by Crippen LogP contribution is -1.86. The fourth-order valence-corrected chi connectivity index (χ4v) is 2.31. The Hall–Kier alpha value is -1.73. The van der Waals surface area contributed by atoms with Crippen LogP contribution in [0.1, 0.15) is 11.1 Å². The normalized spacial score (nSPS) is 10.0. The van der Waals surface area contributed by atoms with Crippen molar-refractivity contribution in [3.05, 3.63) is 47.8 Å². The SMILES string of the molecule is Cn1cc(SCc2ccccc2C#N)cn1. The van der Waals surface area contributed by atoms with Crippen molar-refractivity contribution in [1.29, 1.82) is 5.26 Å². The number of rotatable bonds is 3. The van der Waals surface area contributed by atoms with Gasteiger partial charge in [0.05, 0.1) is 17.8 Å². The minimum atomic E-state index is 0.749. The van der Waals surface area contributed by atoms with Gasteiger partial charge >= 0.3 is 0 Å². The smallest absolute Gasteiger partial charge is 0.0994 e. The van der Waals surface area contributed by atoms with Crippen LogP contribution in [0.3, 0.4) is 0 Å². The molecule has 1 heterocycles. The van der Waals surface area contributed by atoms with Crippen LogP contribution in [0, 0.1) is 11.3 Å². The highest BCUT2D eigenvalue weighted by atomic mass is 32.2. The molecule has 0 radical (unpaired) electrons. The predicted molar refractivity (Wildman–Crippen MR) is 63.9 cm³/mol. The van der Waals surface area contributed by atoms with Crippen LogP contribution in [0.2, 0.25) is 0 Å². The molecule has 2 rings (SSSR count). The van der Waals surface area contributed by atoms with E-state index in [1.165, 1.54) is 0 Å². The molecular formula is C12H11N3S. The standard InChI is InChI=1S/C12H11N3S/c1-15-8-12(7-14-15)16-9-11-5-3-2-4-10(11)6-13/h2-5,7-8H,9H2,1H3. The molecule has 1 aromatic carbocycles. The van der Waals surface area contributed by atoms with Gasteiger partial charge in [0.1, 0.15) is 0 Å². The van der Waals surface area contributed by atoms with Crippen LogP contribution in [0.5, 0.6) is 0 Å². The average molecular weight is 229 g/mol. The summed E-state index contributed by atoms with van der Waals surface area (Å²) >= 11 is 1.69. The van der Waals surface area contributed by atoms with Gasteiger partial charge in [0.25, 0.3) is 0 Å². The van der Waals surface area contributed by atoms with E-state index in [1.54, 1.807) is 16.4 Å². The quantitative estimate of drug-likeness (QED) is 0.760. The Balaban J connectivity index is 2.08. The third-order valence-electron chi connectivity index (χ3n) is 2.21. The maximum atomic E-state index is 8.94. The summed E-state index contributed by atoms with van der Waals surface area (Å²) in [5.74, 6) is 0.801. The molecule has 0 unspecified atom stereocenters. The van der Waals surface area contributed by atoms with E-state index in [2.05, 4.69) is 11.2 Å². The molecule has 2 aromatic rings. The highest BCUT2D eigenvalue weighted by Crippen LogP contribution is 2.23. The Morgan fingerprint density at radius 3 is 2.94 bits per heavy atom. The maximum Gasteiger partial charge on any atom is 0.0994 e. The first kappa shape index (κ1) is 10.8. The molecular weight excluding hydrogens is 218 g/mol. The zero-order valence-corrected chi connectivity index (χ0v) is 9.74. The van der Waals surface area contributed by atoms with Crippen LogP contribution >= 0.6 is 11.8 Å². The lowest BCUT2D eigenvalue weighted by molar-refractivity contribution is 0.766. The summed E-state index contributed by atoms with van der Waals surface area (Å²) in [4.78, 5) is 1.12. The van der Waals surface area contributed by atoms with E-state index in [0.717, 1.165) is 21.8 Å². The molecule has 0 bridgehead atoms. The molecule has 0 atom stereocenters.